The van der Waals surface area contributed by atoms with Crippen molar-refractivity contribution in [1.82, 2.24) is 15.6 Å². The molecule has 0 radical (unpaired) electrons. The second-order valence-corrected chi connectivity index (χ2v) is 4.60. The minimum absolute atomic E-state index is 0.319. The molecule has 6 heteroatoms. The summed E-state index contributed by atoms with van der Waals surface area (Å²) >= 11 is 0. The Kier molecular flexibility index (Phi) is 3.28. The number of aryl methyl sites for hydroxylation is 1. The van der Waals surface area contributed by atoms with Crippen LogP contribution in [-0.4, -0.2) is 22.3 Å². The fourth-order valence-corrected chi connectivity index (χ4v) is 2.30. The summed E-state index contributed by atoms with van der Waals surface area (Å²) in [6, 6.07) is 6.21. The van der Waals surface area contributed by atoms with Crippen LogP contribution in [0.2, 0.25) is 0 Å². The normalized spacial score (nSPS) is 13.7. The number of hydrogen-bond donors (Lipinski definition) is 2. The second-order valence-electron chi connectivity index (χ2n) is 4.60. The van der Waals surface area contributed by atoms with Crippen LogP contribution in [0.4, 0.5) is 4.39 Å². The predicted molar refractivity (Wildman–Crippen MR) is 72.1 cm³/mol. The molecular weight excluding hydrogens is 259 g/mol. The van der Waals surface area contributed by atoms with Crippen molar-refractivity contribution in [2.24, 2.45) is 5.10 Å². The third-order valence-electron chi connectivity index (χ3n) is 3.30. The van der Waals surface area contributed by atoms with Gasteiger partial charge in [0, 0.05) is 16.8 Å². The van der Waals surface area contributed by atoms with Gasteiger partial charge in [0.1, 0.15) is 5.82 Å². The first-order valence-corrected chi connectivity index (χ1v) is 6.40. The number of rotatable bonds is 3. The largest absolute Gasteiger partial charge is 0.292 e. The molecule has 1 amide bonds. The third kappa shape index (κ3) is 2.32. The molecule has 1 aliphatic rings. The molecular formula is C14H13FN4O. The van der Waals surface area contributed by atoms with Gasteiger partial charge in [-0.05, 0) is 25.3 Å². The number of carbonyl (C=O) groups is 1. The summed E-state index contributed by atoms with van der Waals surface area (Å²) in [6.45, 7) is 0. The summed E-state index contributed by atoms with van der Waals surface area (Å²) < 4.78 is 13.3. The summed E-state index contributed by atoms with van der Waals surface area (Å²) in [6.07, 6.45) is 4.09. The van der Waals surface area contributed by atoms with Crippen molar-refractivity contribution in [2.45, 2.75) is 19.3 Å². The van der Waals surface area contributed by atoms with Crippen LogP contribution in [0.3, 0.4) is 0 Å². The fraction of sp³-hybridized carbons (Fsp3) is 0.214. The van der Waals surface area contributed by atoms with E-state index < -0.39 is 0 Å². The van der Waals surface area contributed by atoms with Crippen LogP contribution < -0.4 is 5.43 Å². The molecule has 2 N–H and O–H groups in total. The Morgan fingerprint density at radius 1 is 1.40 bits per heavy atom. The van der Waals surface area contributed by atoms with E-state index in [4.69, 9.17) is 0 Å². The van der Waals surface area contributed by atoms with Gasteiger partial charge in [-0.1, -0.05) is 18.2 Å². The van der Waals surface area contributed by atoms with E-state index in [1.165, 1.54) is 12.3 Å². The van der Waals surface area contributed by atoms with E-state index >= 15 is 0 Å². The number of carbonyl (C=O) groups excluding carboxylic acids is 1. The van der Waals surface area contributed by atoms with E-state index in [0.29, 0.717) is 11.3 Å². The molecule has 0 spiro atoms. The molecule has 0 bridgehead atoms. The van der Waals surface area contributed by atoms with Gasteiger partial charge in [0.05, 0.1) is 6.21 Å². The molecule has 20 heavy (non-hydrogen) atoms. The van der Waals surface area contributed by atoms with Gasteiger partial charge in [0.25, 0.3) is 5.91 Å². The number of fused-ring (bicyclic) bond motifs is 1. The lowest BCUT2D eigenvalue weighted by Gasteiger charge is -1.98. The van der Waals surface area contributed by atoms with Crippen molar-refractivity contribution < 1.29 is 9.18 Å². The molecule has 1 aromatic heterocycles. The molecule has 0 saturated heterocycles. The number of H-pyrrole nitrogens is 1. The van der Waals surface area contributed by atoms with E-state index in [1.54, 1.807) is 18.2 Å². The molecule has 0 unspecified atom stereocenters. The summed E-state index contributed by atoms with van der Waals surface area (Å²) in [5.74, 6) is -0.761. The number of hydrogen-bond acceptors (Lipinski definition) is 3. The van der Waals surface area contributed by atoms with Crippen molar-refractivity contribution in [2.75, 3.05) is 0 Å². The van der Waals surface area contributed by atoms with Gasteiger partial charge < -0.3 is 0 Å². The highest BCUT2D eigenvalue weighted by Crippen LogP contribution is 2.22. The number of hydrazone groups is 1. The fourth-order valence-electron chi connectivity index (χ4n) is 2.30. The number of aromatic nitrogens is 2. The minimum atomic E-state index is -0.383. The highest BCUT2D eigenvalue weighted by atomic mass is 19.1. The van der Waals surface area contributed by atoms with Gasteiger partial charge in [-0.25, -0.2) is 9.82 Å². The Balaban J connectivity index is 1.69. The lowest BCUT2D eigenvalue weighted by atomic mass is 10.2. The molecule has 0 aliphatic heterocycles. The van der Waals surface area contributed by atoms with Gasteiger partial charge in [0.2, 0.25) is 0 Å². The maximum atomic E-state index is 13.3. The van der Waals surface area contributed by atoms with Crippen LogP contribution in [0.25, 0.3) is 0 Å². The Hall–Kier alpha value is -2.50. The molecule has 1 aliphatic carbocycles. The minimum Gasteiger partial charge on any atom is -0.281 e. The van der Waals surface area contributed by atoms with Crippen molar-refractivity contribution in [3.63, 3.8) is 0 Å². The smallest absolute Gasteiger partial charge is 0.281 e. The number of benzene rings is 1. The Labute approximate surface area is 114 Å². The van der Waals surface area contributed by atoms with Gasteiger partial charge in [-0.2, -0.15) is 10.2 Å². The molecule has 2 aromatic rings. The summed E-state index contributed by atoms with van der Waals surface area (Å²) in [7, 11) is 0. The third-order valence-corrected chi connectivity index (χ3v) is 3.30. The SMILES string of the molecule is O=C(NN=Cc1ccccc1F)c1n[nH]c2c1CCC2. The number of halogens is 1. The molecule has 1 heterocycles. The highest BCUT2D eigenvalue weighted by Gasteiger charge is 2.22. The molecule has 3 rings (SSSR count). The zero-order valence-corrected chi connectivity index (χ0v) is 10.7. The topological polar surface area (TPSA) is 70.1 Å². The van der Waals surface area contributed by atoms with Crippen LogP contribution >= 0.6 is 0 Å². The Morgan fingerprint density at radius 3 is 3.10 bits per heavy atom. The van der Waals surface area contributed by atoms with E-state index in [2.05, 4.69) is 20.7 Å². The van der Waals surface area contributed by atoms with Crippen molar-refractivity contribution >= 4 is 12.1 Å². The molecule has 102 valence electrons. The van der Waals surface area contributed by atoms with Gasteiger partial charge in [-0.3, -0.25) is 9.89 Å². The summed E-state index contributed by atoms with van der Waals surface area (Å²) in [4.78, 5) is 11.9. The van der Waals surface area contributed by atoms with E-state index in [9.17, 15) is 9.18 Å². The quantitative estimate of drug-likeness (QED) is 0.660. The van der Waals surface area contributed by atoms with Crippen molar-refractivity contribution in [1.29, 1.82) is 0 Å². The highest BCUT2D eigenvalue weighted by molar-refractivity contribution is 5.94. The first-order chi connectivity index (χ1) is 9.75. The van der Waals surface area contributed by atoms with Crippen LogP contribution in [0.5, 0.6) is 0 Å². The van der Waals surface area contributed by atoms with Crippen molar-refractivity contribution in [3.05, 3.63) is 52.6 Å². The van der Waals surface area contributed by atoms with E-state index in [-0.39, 0.29) is 11.7 Å². The lowest BCUT2D eigenvalue weighted by Crippen LogP contribution is -2.19. The van der Waals surface area contributed by atoms with Gasteiger partial charge in [-0.15, -0.1) is 0 Å². The average molecular weight is 272 g/mol. The number of nitrogens with one attached hydrogen (secondary N) is 2. The number of amides is 1. The van der Waals surface area contributed by atoms with E-state index in [0.717, 1.165) is 30.5 Å². The zero-order valence-electron chi connectivity index (χ0n) is 10.7. The number of aromatic amines is 1. The first kappa shape index (κ1) is 12.5. The lowest BCUT2D eigenvalue weighted by molar-refractivity contribution is 0.0949. The standard InChI is InChI=1S/C14H13FN4O/c15-11-6-2-1-4-9(11)8-16-19-14(20)13-10-5-3-7-12(10)17-18-13/h1-2,4,6,8H,3,5,7H2,(H,17,18)(H,19,20). The van der Waals surface area contributed by atoms with Gasteiger partial charge in [0.15, 0.2) is 5.69 Å². The van der Waals surface area contributed by atoms with E-state index in [1.807, 2.05) is 0 Å². The molecule has 0 saturated carbocycles. The summed E-state index contributed by atoms with van der Waals surface area (Å²) in [5, 5.41) is 10.6. The first-order valence-electron chi connectivity index (χ1n) is 6.40. The van der Waals surface area contributed by atoms with Gasteiger partial charge >= 0.3 is 0 Å². The van der Waals surface area contributed by atoms with Crippen molar-refractivity contribution in [3.8, 4) is 0 Å². The maximum absolute atomic E-state index is 13.3. The molecule has 1 aromatic carbocycles. The zero-order chi connectivity index (χ0) is 13.9. The molecule has 0 atom stereocenters. The number of nitrogens with zero attached hydrogens (tertiary/aromatic N) is 2. The summed E-state index contributed by atoms with van der Waals surface area (Å²) in [5.41, 5.74) is 5.05. The van der Waals surface area contributed by atoms with Crippen LogP contribution in [-0.2, 0) is 12.8 Å². The monoisotopic (exact) mass is 272 g/mol. The molecule has 0 fully saturated rings. The average Bonchev–Trinajstić information content (AvgIpc) is 3.03. The predicted octanol–water partition coefficient (Wildman–Crippen LogP) is 1.80. The maximum Gasteiger partial charge on any atom is 0.292 e. The molecule has 5 nitrogen and oxygen atoms in total. The Morgan fingerprint density at radius 2 is 2.25 bits per heavy atom. The van der Waals surface area contributed by atoms with Crippen LogP contribution in [0.15, 0.2) is 29.4 Å². The Bertz CT molecular complexity index is 678. The van der Waals surface area contributed by atoms with Crippen LogP contribution in [0.1, 0.15) is 33.7 Å². The van der Waals surface area contributed by atoms with Crippen LogP contribution in [0, 0.1) is 5.82 Å². The second kappa shape index (κ2) is 5.24.